The third-order valence-electron chi connectivity index (χ3n) is 5.96. The van der Waals surface area contributed by atoms with Crippen LogP contribution in [-0.4, -0.2) is 67.3 Å². The predicted molar refractivity (Wildman–Crippen MR) is 133 cm³/mol. The molecule has 4 rings (SSSR count). The van der Waals surface area contributed by atoms with Gasteiger partial charge in [-0.1, -0.05) is 18.2 Å². The molecular weight excluding hydrogens is 446 g/mol. The number of benzene rings is 1. The number of carbonyl (C=O) groups excluding carboxylic acids is 2. The Hall–Kier alpha value is -3.59. The van der Waals surface area contributed by atoms with Crippen LogP contribution in [0.25, 0.3) is 0 Å². The summed E-state index contributed by atoms with van der Waals surface area (Å²) in [5.41, 5.74) is 1.79. The first kappa shape index (κ1) is 24.5. The van der Waals surface area contributed by atoms with Crippen molar-refractivity contribution in [3.05, 3.63) is 65.5 Å². The monoisotopic (exact) mass is 479 g/mol. The van der Waals surface area contributed by atoms with Gasteiger partial charge in [0.25, 0.3) is 0 Å². The highest BCUT2D eigenvalue weighted by atomic mass is 16.5. The van der Waals surface area contributed by atoms with Crippen LogP contribution in [0.3, 0.4) is 0 Å². The summed E-state index contributed by atoms with van der Waals surface area (Å²) in [6.45, 7) is 9.59. The number of ether oxygens (including phenoxy) is 2. The molecule has 2 N–H and O–H groups in total. The Labute approximate surface area is 206 Å². The predicted octanol–water partition coefficient (Wildman–Crippen LogP) is 2.86. The van der Waals surface area contributed by atoms with Gasteiger partial charge < -0.3 is 25.0 Å². The molecule has 2 aromatic rings. The lowest BCUT2D eigenvalue weighted by molar-refractivity contribution is -0.139. The Balaban J connectivity index is 1.55. The molecule has 1 aromatic carbocycles. The number of pyridine rings is 1. The van der Waals surface area contributed by atoms with Crippen LogP contribution in [0.15, 0.2) is 59.9 Å². The number of hydrogen-bond acceptors (Lipinski definition) is 7. The van der Waals surface area contributed by atoms with Gasteiger partial charge in [-0.2, -0.15) is 0 Å². The molecule has 1 atom stereocenters. The Bertz CT molecular complexity index is 1050. The molecule has 1 fully saturated rings. The summed E-state index contributed by atoms with van der Waals surface area (Å²) in [4.78, 5) is 34.6. The number of nitrogens with one attached hydrogen (secondary N) is 2. The smallest absolute Gasteiger partial charge is 0.338 e. The largest absolute Gasteiger partial charge is 0.491 e. The highest BCUT2D eigenvalue weighted by Gasteiger charge is 2.34. The van der Waals surface area contributed by atoms with Gasteiger partial charge in [0.2, 0.25) is 0 Å². The lowest BCUT2D eigenvalue weighted by atomic mass is 9.94. The molecule has 35 heavy (non-hydrogen) atoms. The van der Waals surface area contributed by atoms with Crippen molar-refractivity contribution in [2.75, 3.05) is 44.2 Å². The fourth-order valence-electron chi connectivity index (χ4n) is 4.35. The van der Waals surface area contributed by atoms with Crippen molar-refractivity contribution in [1.29, 1.82) is 0 Å². The van der Waals surface area contributed by atoms with Gasteiger partial charge in [-0.25, -0.2) is 14.6 Å². The van der Waals surface area contributed by atoms with E-state index in [1.54, 1.807) is 13.1 Å². The highest BCUT2D eigenvalue weighted by molar-refractivity contribution is 5.95. The average molecular weight is 480 g/mol. The number of piperazine rings is 1. The van der Waals surface area contributed by atoms with Crippen molar-refractivity contribution in [2.45, 2.75) is 32.9 Å². The second-order valence-electron chi connectivity index (χ2n) is 8.83. The number of hydrogen-bond donors (Lipinski definition) is 2. The van der Waals surface area contributed by atoms with Crippen LogP contribution in [0.4, 0.5) is 10.6 Å². The molecule has 0 unspecified atom stereocenters. The fraction of sp³-hybridized carbons (Fsp3) is 0.423. The van der Waals surface area contributed by atoms with Gasteiger partial charge in [0, 0.05) is 44.6 Å². The second-order valence-corrected chi connectivity index (χ2v) is 8.83. The van der Waals surface area contributed by atoms with Gasteiger partial charge in [-0.15, -0.1) is 0 Å². The van der Waals surface area contributed by atoms with Gasteiger partial charge in [0.05, 0.1) is 24.3 Å². The summed E-state index contributed by atoms with van der Waals surface area (Å²) in [6.07, 6.45) is 1.85. The minimum atomic E-state index is -0.610. The zero-order valence-corrected chi connectivity index (χ0v) is 20.5. The molecule has 2 aliphatic heterocycles. The van der Waals surface area contributed by atoms with Gasteiger partial charge in [-0.05, 0) is 50.6 Å². The summed E-state index contributed by atoms with van der Waals surface area (Å²) >= 11 is 0. The Morgan fingerprint density at radius 2 is 1.86 bits per heavy atom. The molecule has 0 aliphatic carbocycles. The average Bonchev–Trinajstić information content (AvgIpc) is 2.85. The first-order chi connectivity index (χ1) is 16.9. The first-order valence-electron chi connectivity index (χ1n) is 12.1. The maximum atomic E-state index is 13.1. The van der Waals surface area contributed by atoms with Gasteiger partial charge in [0.15, 0.2) is 0 Å². The normalized spacial score (nSPS) is 18.8. The Morgan fingerprint density at radius 1 is 1.11 bits per heavy atom. The summed E-state index contributed by atoms with van der Waals surface area (Å²) < 4.78 is 11.1. The molecule has 2 aliphatic rings. The van der Waals surface area contributed by atoms with Crippen LogP contribution < -0.4 is 20.3 Å². The number of rotatable bonds is 8. The molecule has 0 bridgehead atoms. The summed E-state index contributed by atoms with van der Waals surface area (Å²) in [6, 6.07) is 12.4. The van der Waals surface area contributed by atoms with Crippen LogP contribution >= 0.6 is 0 Å². The van der Waals surface area contributed by atoms with E-state index in [4.69, 9.17) is 9.47 Å². The van der Waals surface area contributed by atoms with Crippen molar-refractivity contribution >= 4 is 17.8 Å². The Kier molecular flexibility index (Phi) is 7.87. The number of amides is 2. The molecule has 0 saturated carbocycles. The van der Waals surface area contributed by atoms with Crippen molar-refractivity contribution in [1.82, 2.24) is 20.5 Å². The van der Waals surface area contributed by atoms with Crippen LogP contribution in [0.5, 0.6) is 5.75 Å². The number of anilines is 1. The van der Waals surface area contributed by atoms with Crippen LogP contribution in [-0.2, 0) is 9.53 Å². The minimum Gasteiger partial charge on any atom is -0.491 e. The second kappa shape index (κ2) is 11.2. The standard InChI is InChI=1S/C26H33N5O4/c1-4-34-25(32)23-21(17-30-13-15-31(16-14-30)22-7-5-6-12-27-22)28-26(33)29-24(23)19-8-10-20(11-9-19)35-18(2)3/h5-12,18,24H,4,13-17H2,1-3H3,(H2,28,29,33)/t24-/m0/s1. The van der Waals surface area contributed by atoms with E-state index in [2.05, 4.69) is 25.4 Å². The van der Waals surface area contributed by atoms with E-state index in [0.717, 1.165) is 43.3 Å². The van der Waals surface area contributed by atoms with E-state index in [-0.39, 0.29) is 18.7 Å². The number of carbonyl (C=O) groups is 2. The quantitative estimate of drug-likeness (QED) is 0.562. The van der Waals surface area contributed by atoms with Crippen molar-refractivity contribution in [3.8, 4) is 5.75 Å². The molecule has 9 nitrogen and oxygen atoms in total. The van der Waals surface area contributed by atoms with Crippen molar-refractivity contribution in [3.63, 3.8) is 0 Å². The van der Waals surface area contributed by atoms with Gasteiger partial charge in [0.1, 0.15) is 11.6 Å². The van der Waals surface area contributed by atoms with Gasteiger partial charge in [-0.3, -0.25) is 4.90 Å². The number of nitrogens with zero attached hydrogens (tertiary/aromatic N) is 3. The van der Waals surface area contributed by atoms with Gasteiger partial charge >= 0.3 is 12.0 Å². The Morgan fingerprint density at radius 3 is 2.49 bits per heavy atom. The molecular formula is C26H33N5O4. The fourth-order valence-corrected chi connectivity index (χ4v) is 4.35. The highest BCUT2D eigenvalue weighted by Crippen LogP contribution is 2.30. The number of urea groups is 1. The minimum absolute atomic E-state index is 0.0548. The van der Waals surface area contributed by atoms with E-state index in [1.165, 1.54) is 0 Å². The summed E-state index contributed by atoms with van der Waals surface area (Å²) in [5, 5.41) is 5.76. The van der Waals surface area contributed by atoms with E-state index >= 15 is 0 Å². The molecule has 1 saturated heterocycles. The zero-order chi connectivity index (χ0) is 24.8. The molecule has 3 heterocycles. The van der Waals surface area contributed by atoms with Crippen molar-refractivity contribution in [2.24, 2.45) is 0 Å². The molecule has 9 heteroatoms. The molecule has 186 valence electrons. The molecule has 0 spiro atoms. The first-order valence-corrected chi connectivity index (χ1v) is 12.1. The van der Waals surface area contributed by atoms with E-state index in [9.17, 15) is 9.59 Å². The maximum absolute atomic E-state index is 13.1. The summed E-state index contributed by atoms with van der Waals surface area (Å²) in [7, 11) is 0. The van der Waals surface area contributed by atoms with E-state index in [1.807, 2.05) is 56.3 Å². The van der Waals surface area contributed by atoms with E-state index < -0.39 is 12.0 Å². The molecule has 0 radical (unpaired) electrons. The van der Waals surface area contributed by atoms with Crippen LogP contribution in [0.2, 0.25) is 0 Å². The molecule has 2 amide bonds. The lowest BCUT2D eigenvalue weighted by Gasteiger charge is -2.37. The molecule has 1 aromatic heterocycles. The lowest BCUT2D eigenvalue weighted by Crippen LogP contribution is -2.52. The third kappa shape index (κ3) is 6.10. The maximum Gasteiger partial charge on any atom is 0.338 e. The van der Waals surface area contributed by atoms with Crippen LogP contribution in [0, 0.1) is 0 Å². The SMILES string of the molecule is CCOC(=O)C1=C(CN2CCN(c3ccccn3)CC2)NC(=O)N[C@H]1c1ccc(OC(C)C)cc1. The number of aromatic nitrogens is 1. The van der Waals surface area contributed by atoms with E-state index in [0.29, 0.717) is 17.8 Å². The number of esters is 1. The van der Waals surface area contributed by atoms with Crippen LogP contribution in [0.1, 0.15) is 32.4 Å². The topological polar surface area (TPSA) is 96.0 Å². The van der Waals surface area contributed by atoms with Crippen molar-refractivity contribution < 1.29 is 19.1 Å². The summed E-state index contributed by atoms with van der Waals surface area (Å²) in [5.74, 6) is 1.25. The zero-order valence-electron chi connectivity index (χ0n) is 20.5. The third-order valence-corrected chi connectivity index (χ3v) is 5.96.